The third-order valence-electron chi connectivity index (χ3n) is 4.72. The minimum Gasteiger partial charge on any atom is -0.396 e. The van der Waals surface area contributed by atoms with Gasteiger partial charge in [-0.1, -0.05) is 48.5 Å². The maximum absolute atomic E-state index is 12.3. The van der Waals surface area contributed by atoms with Crippen LogP contribution >= 0.6 is 0 Å². The summed E-state index contributed by atoms with van der Waals surface area (Å²) in [5.41, 5.74) is 4.68. The van der Waals surface area contributed by atoms with Crippen LogP contribution in [0.2, 0.25) is 0 Å². The van der Waals surface area contributed by atoms with Gasteiger partial charge in [0.1, 0.15) is 0 Å². The van der Waals surface area contributed by atoms with Gasteiger partial charge in [-0.2, -0.15) is 0 Å². The highest BCUT2D eigenvalue weighted by Crippen LogP contribution is 2.20. The van der Waals surface area contributed by atoms with Crippen molar-refractivity contribution < 1.29 is 9.90 Å². The molecule has 0 aliphatic heterocycles. The molecule has 2 amide bonds. The second-order valence-corrected chi connectivity index (χ2v) is 6.49. The topological polar surface area (TPSA) is 61.4 Å². The van der Waals surface area contributed by atoms with Crippen molar-refractivity contribution in [3.8, 4) is 0 Å². The number of benzene rings is 2. The molecule has 2 unspecified atom stereocenters. The first-order chi connectivity index (χ1) is 12.0. The second kappa shape index (κ2) is 9.23. The van der Waals surface area contributed by atoms with Gasteiger partial charge in [0.15, 0.2) is 0 Å². The minimum atomic E-state index is -0.188. The summed E-state index contributed by atoms with van der Waals surface area (Å²) in [6.07, 6.45) is 0.622. The van der Waals surface area contributed by atoms with Crippen LogP contribution in [0.1, 0.15) is 47.6 Å². The molecule has 0 aliphatic carbocycles. The fraction of sp³-hybridized carbons (Fsp3) is 0.381. The number of aryl methyl sites for hydroxylation is 1. The van der Waals surface area contributed by atoms with Crippen LogP contribution in [0.5, 0.6) is 0 Å². The molecule has 4 nitrogen and oxygen atoms in total. The zero-order valence-corrected chi connectivity index (χ0v) is 15.3. The molecule has 2 aromatic rings. The van der Waals surface area contributed by atoms with Crippen LogP contribution in [0.3, 0.4) is 0 Å². The molecule has 0 aromatic heterocycles. The van der Waals surface area contributed by atoms with Gasteiger partial charge in [-0.3, -0.25) is 0 Å². The summed E-state index contributed by atoms with van der Waals surface area (Å²) in [5.74, 6) is 0.105. The summed E-state index contributed by atoms with van der Waals surface area (Å²) in [6.45, 7) is 6.74. The Morgan fingerprint density at radius 3 is 2.48 bits per heavy atom. The molecular formula is C21H28N2O2. The summed E-state index contributed by atoms with van der Waals surface area (Å²) >= 11 is 0. The SMILES string of the molecule is Cc1cccc(C(C)NC(=O)NCC(CCO)c2ccccc2)c1C. The van der Waals surface area contributed by atoms with Crippen molar-refractivity contribution in [1.29, 1.82) is 0 Å². The largest absolute Gasteiger partial charge is 0.396 e. The number of hydrogen-bond acceptors (Lipinski definition) is 2. The monoisotopic (exact) mass is 340 g/mol. The predicted octanol–water partition coefficient (Wildman–Crippen LogP) is 3.83. The third kappa shape index (κ3) is 5.33. The van der Waals surface area contributed by atoms with Gasteiger partial charge < -0.3 is 15.7 Å². The number of carbonyl (C=O) groups excluding carboxylic acids is 1. The summed E-state index contributed by atoms with van der Waals surface area (Å²) < 4.78 is 0. The summed E-state index contributed by atoms with van der Waals surface area (Å²) in [6, 6.07) is 15.9. The second-order valence-electron chi connectivity index (χ2n) is 6.49. The molecule has 4 heteroatoms. The highest BCUT2D eigenvalue weighted by molar-refractivity contribution is 5.74. The Morgan fingerprint density at radius 1 is 1.08 bits per heavy atom. The highest BCUT2D eigenvalue weighted by atomic mass is 16.3. The predicted molar refractivity (Wildman–Crippen MR) is 102 cm³/mol. The van der Waals surface area contributed by atoms with Crippen molar-refractivity contribution >= 4 is 6.03 Å². The lowest BCUT2D eigenvalue weighted by Gasteiger charge is -2.21. The number of nitrogens with one attached hydrogen (secondary N) is 2. The molecule has 134 valence electrons. The number of amides is 2. The molecule has 25 heavy (non-hydrogen) atoms. The minimum absolute atomic E-state index is 0.0621. The van der Waals surface area contributed by atoms with Crippen LogP contribution < -0.4 is 10.6 Å². The molecule has 0 bridgehead atoms. The molecule has 2 atom stereocenters. The average molecular weight is 340 g/mol. The molecule has 2 rings (SSSR count). The van der Waals surface area contributed by atoms with Crippen LogP contribution in [0.4, 0.5) is 4.79 Å². The smallest absolute Gasteiger partial charge is 0.315 e. The van der Waals surface area contributed by atoms with Crippen molar-refractivity contribution in [2.24, 2.45) is 0 Å². The fourth-order valence-corrected chi connectivity index (χ4v) is 3.05. The van der Waals surface area contributed by atoms with E-state index in [0.717, 1.165) is 11.1 Å². The Labute approximate surface area is 150 Å². The Kier molecular flexibility index (Phi) is 7.02. The van der Waals surface area contributed by atoms with Gasteiger partial charge in [-0.05, 0) is 49.4 Å². The normalized spacial score (nSPS) is 13.1. The van der Waals surface area contributed by atoms with Crippen molar-refractivity contribution in [2.45, 2.75) is 39.2 Å². The quantitative estimate of drug-likeness (QED) is 0.717. The van der Waals surface area contributed by atoms with Crippen LogP contribution in [0, 0.1) is 13.8 Å². The summed E-state index contributed by atoms with van der Waals surface area (Å²) in [4.78, 5) is 12.3. The zero-order valence-electron chi connectivity index (χ0n) is 15.3. The number of aliphatic hydroxyl groups is 1. The maximum atomic E-state index is 12.3. The molecule has 0 saturated heterocycles. The van der Waals surface area contributed by atoms with Gasteiger partial charge in [-0.25, -0.2) is 4.79 Å². The van der Waals surface area contributed by atoms with E-state index in [2.05, 4.69) is 30.5 Å². The van der Waals surface area contributed by atoms with Crippen molar-refractivity contribution in [3.63, 3.8) is 0 Å². The molecule has 0 heterocycles. The molecule has 2 aromatic carbocycles. The summed E-state index contributed by atoms with van der Waals surface area (Å²) in [5, 5.41) is 15.2. The van der Waals surface area contributed by atoms with Gasteiger partial charge in [0.05, 0.1) is 6.04 Å². The standard InChI is InChI=1S/C21H28N2O2/c1-15-8-7-11-20(16(15)2)17(3)23-21(25)22-14-19(12-13-24)18-9-5-4-6-10-18/h4-11,17,19,24H,12-14H2,1-3H3,(H2,22,23,25). The maximum Gasteiger partial charge on any atom is 0.315 e. The van der Waals surface area contributed by atoms with Crippen LogP contribution in [0.25, 0.3) is 0 Å². The Balaban J connectivity index is 1.93. The fourth-order valence-electron chi connectivity index (χ4n) is 3.05. The number of aliphatic hydroxyl groups excluding tert-OH is 1. The average Bonchev–Trinajstić information content (AvgIpc) is 2.61. The lowest BCUT2D eigenvalue weighted by molar-refractivity contribution is 0.234. The molecule has 0 radical (unpaired) electrons. The van der Waals surface area contributed by atoms with Gasteiger partial charge in [0.25, 0.3) is 0 Å². The van der Waals surface area contributed by atoms with E-state index in [-0.39, 0.29) is 24.6 Å². The number of carbonyl (C=O) groups is 1. The van der Waals surface area contributed by atoms with E-state index < -0.39 is 0 Å². The Bertz CT molecular complexity index is 686. The first kappa shape index (κ1) is 19.0. The van der Waals surface area contributed by atoms with E-state index in [0.29, 0.717) is 13.0 Å². The van der Waals surface area contributed by atoms with Crippen molar-refractivity contribution in [2.75, 3.05) is 13.2 Å². The van der Waals surface area contributed by atoms with Crippen molar-refractivity contribution in [3.05, 3.63) is 70.8 Å². The highest BCUT2D eigenvalue weighted by Gasteiger charge is 2.15. The molecule has 0 aliphatic rings. The first-order valence-electron chi connectivity index (χ1n) is 8.79. The molecule has 3 N–H and O–H groups in total. The lowest BCUT2D eigenvalue weighted by Crippen LogP contribution is -2.39. The van der Waals surface area contributed by atoms with E-state index in [1.54, 1.807) is 0 Å². The van der Waals surface area contributed by atoms with E-state index in [4.69, 9.17) is 0 Å². The Hall–Kier alpha value is -2.33. The number of urea groups is 1. The first-order valence-corrected chi connectivity index (χ1v) is 8.79. The van der Waals surface area contributed by atoms with Gasteiger partial charge in [-0.15, -0.1) is 0 Å². The zero-order chi connectivity index (χ0) is 18.2. The number of rotatable bonds is 7. The summed E-state index contributed by atoms with van der Waals surface area (Å²) in [7, 11) is 0. The van der Waals surface area contributed by atoms with E-state index >= 15 is 0 Å². The van der Waals surface area contributed by atoms with Crippen LogP contribution in [-0.4, -0.2) is 24.3 Å². The number of hydrogen-bond donors (Lipinski definition) is 3. The molecular weight excluding hydrogens is 312 g/mol. The molecule has 0 fully saturated rings. The van der Waals surface area contributed by atoms with Gasteiger partial charge in [0.2, 0.25) is 0 Å². The van der Waals surface area contributed by atoms with E-state index in [1.165, 1.54) is 11.1 Å². The van der Waals surface area contributed by atoms with Gasteiger partial charge >= 0.3 is 6.03 Å². The third-order valence-corrected chi connectivity index (χ3v) is 4.72. The van der Waals surface area contributed by atoms with Crippen molar-refractivity contribution in [1.82, 2.24) is 10.6 Å². The van der Waals surface area contributed by atoms with Crippen LogP contribution in [-0.2, 0) is 0 Å². The van der Waals surface area contributed by atoms with E-state index in [9.17, 15) is 9.90 Å². The lowest BCUT2D eigenvalue weighted by atomic mass is 9.96. The molecule has 0 spiro atoms. The Morgan fingerprint density at radius 2 is 1.80 bits per heavy atom. The van der Waals surface area contributed by atoms with Gasteiger partial charge in [0, 0.05) is 19.1 Å². The van der Waals surface area contributed by atoms with E-state index in [1.807, 2.05) is 49.4 Å². The molecule has 0 saturated carbocycles. The van der Waals surface area contributed by atoms with Crippen LogP contribution in [0.15, 0.2) is 48.5 Å².